The predicted octanol–water partition coefficient (Wildman–Crippen LogP) is 1.90. The van der Waals surface area contributed by atoms with E-state index in [4.69, 9.17) is 5.26 Å². The second-order valence-corrected chi connectivity index (χ2v) is 2.50. The molecule has 1 rings (SSSR count). The number of hydrogen-bond donors (Lipinski definition) is 1. The minimum Gasteiger partial charge on any atom is -0.245 e. The van der Waals surface area contributed by atoms with E-state index in [1.54, 1.807) is 12.3 Å². The smallest absolute Gasteiger partial charge is 0.147 e. The number of hydrogen-bond acceptors (Lipinski definition) is 3. The fraction of sp³-hybridized carbons (Fsp3) is 0.111. The SMILES string of the molecule is N#Cc1ncccc1C=CCS. The van der Waals surface area contributed by atoms with Crippen molar-refractivity contribution in [2.45, 2.75) is 0 Å². The van der Waals surface area contributed by atoms with Crippen molar-refractivity contribution in [1.82, 2.24) is 4.98 Å². The van der Waals surface area contributed by atoms with Crippen LogP contribution in [0.3, 0.4) is 0 Å². The van der Waals surface area contributed by atoms with Crippen LogP contribution >= 0.6 is 12.6 Å². The Morgan fingerprint density at radius 1 is 1.67 bits per heavy atom. The maximum Gasteiger partial charge on any atom is 0.147 e. The van der Waals surface area contributed by atoms with Crippen LogP contribution in [-0.2, 0) is 0 Å². The molecule has 0 aliphatic carbocycles. The van der Waals surface area contributed by atoms with Crippen LogP contribution in [0.25, 0.3) is 6.08 Å². The lowest BCUT2D eigenvalue weighted by atomic mass is 10.2. The predicted molar refractivity (Wildman–Crippen MR) is 51.8 cm³/mol. The second kappa shape index (κ2) is 4.58. The lowest BCUT2D eigenvalue weighted by Crippen LogP contribution is -1.85. The third kappa shape index (κ3) is 2.11. The molecule has 2 nitrogen and oxygen atoms in total. The third-order valence-electron chi connectivity index (χ3n) is 1.35. The molecule has 1 aromatic heterocycles. The van der Waals surface area contributed by atoms with E-state index in [1.165, 1.54) is 0 Å². The number of rotatable bonds is 2. The van der Waals surface area contributed by atoms with Gasteiger partial charge in [-0.1, -0.05) is 18.2 Å². The third-order valence-corrected chi connectivity index (χ3v) is 1.56. The van der Waals surface area contributed by atoms with Crippen LogP contribution in [0.2, 0.25) is 0 Å². The summed E-state index contributed by atoms with van der Waals surface area (Å²) in [4.78, 5) is 3.91. The van der Waals surface area contributed by atoms with Crippen LogP contribution in [0.4, 0.5) is 0 Å². The Morgan fingerprint density at radius 3 is 3.17 bits per heavy atom. The van der Waals surface area contributed by atoms with Crippen molar-refractivity contribution in [3.8, 4) is 6.07 Å². The zero-order valence-corrected chi connectivity index (χ0v) is 7.33. The normalized spacial score (nSPS) is 10.0. The van der Waals surface area contributed by atoms with Gasteiger partial charge in [0.25, 0.3) is 0 Å². The molecule has 0 bridgehead atoms. The molecule has 0 radical (unpaired) electrons. The summed E-state index contributed by atoms with van der Waals surface area (Å²) >= 11 is 4.02. The first kappa shape index (κ1) is 8.82. The molecule has 0 amide bonds. The first-order valence-electron chi connectivity index (χ1n) is 3.51. The lowest BCUT2D eigenvalue weighted by molar-refractivity contribution is 1.25. The van der Waals surface area contributed by atoms with Crippen molar-refractivity contribution >= 4 is 18.7 Å². The molecule has 0 saturated heterocycles. The van der Waals surface area contributed by atoms with E-state index in [9.17, 15) is 0 Å². The summed E-state index contributed by atoms with van der Waals surface area (Å²) < 4.78 is 0. The topological polar surface area (TPSA) is 36.7 Å². The van der Waals surface area contributed by atoms with Crippen LogP contribution in [0.5, 0.6) is 0 Å². The molecule has 0 N–H and O–H groups in total. The summed E-state index contributed by atoms with van der Waals surface area (Å²) in [6, 6.07) is 5.67. The first-order valence-corrected chi connectivity index (χ1v) is 4.14. The molecule has 0 aliphatic heterocycles. The highest BCUT2D eigenvalue weighted by Crippen LogP contribution is 2.05. The number of nitrogens with zero attached hydrogens (tertiary/aromatic N) is 2. The second-order valence-electron chi connectivity index (χ2n) is 2.14. The summed E-state index contributed by atoms with van der Waals surface area (Å²) in [5.74, 6) is 0.666. The molecule has 1 heterocycles. The average Bonchev–Trinajstić information content (AvgIpc) is 2.15. The number of aromatic nitrogens is 1. The van der Waals surface area contributed by atoms with Crippen LogP contribution in [-0.4, -0.2) is 10.7 Å². The molecule has 0 atom stereocenters. The van der Waals surface area contributed by atoms with E-state index in [-0.39, 0.29) is 0 Å². The van der Waals surface area contributed by atoms with Gasteiger partial charge < -0.3 is 0 Å². The summed E-state index contributed by atoms with van der Waals surface area (Å²) in [6.45, 7) is 0. The number of nitriles is 1. The Kier molecular flexibility index (Phi) is 3.36. The van der Waals surface area contributed by atoms with Gasteiger partial charge in [0.2, 0.25) is 0 Å². The Morgan fingerprint density at radius 2 is 2.50 bits per heavy atom. The highest BCUT2D eigenvalue weighted by Gasteiger charge is 1.95. The standard InChI is InChI=1S/C9H8N2S/c10-7-9-8(4-2-6-12)3-1-5-11-9/h1-5,12H,6H2. The lowest BCUT2D eigenvalue weighted by Gasteiger charge is -1.93. The fourth-order valence-electron chi connectivity index (χ4n) is 0.825. The molecule has 12 heavy (non-hydrogen) atoms. The fourth-order valence-corrected chi connectivity index (χ4v) is 0.931. The monoisotopic (exact) mass is 176 g/mol. The zero-order chi connectivity index (χ0) is 8.81. The van der Waals surface area contributed by atoms with Gasteiger partial charge in [0.15, 0.2) is 0 Å². The summed E-state index contributed by atoms with van der Waals surface area (Å²) in [5.41, 5.74) is 1.30. The maximum absolute atomic E-state index is 8.65. The number of pyridine rings is 1. The highest BCUT2D eigenvalue weighted by molar-refractivity contribution is 7.80. The maximum atomic E-state index is 8.65. The Bertz CT molecular complexity index is 326. The van der Waals surface area contributed by atoms with Crippen molar-refractivity contribution in [2.75, 3.05) is 5.75 Å². The van der Waals surface area contributed by atoms with Crippen LogP contribution in [0.15, 0.2) is 24.4 Å². The van der Waals surface area contributed by atoms with E-state index < -0.39 is 0 Å². The minimum absolute atomic E-state index is 0.454. The van der Waals surface area contributed by atoms with Gasteiger partial charge in [-0.15, -0.1) is 0 Å². The van der Waals surface area contributed by atoms with Crippen molar-refractivity contribution in [1.29, 1.82) is 5.26 Å². The van der Waals surface area contributed by atoms with Crippen LogP contribution < -0.4 is 0 Å². The molecule has 60 valence electrons. The van der Waals surface area contributed by atoms with E-state index in [0.29, 0.717) is 11.4 Å². The van der Waals surface area contributed by atoms with E-state index in [2.05, 4.69) is 17.6 Å². The first-order chi connectivity index (χ1) is 5.88. The highest BCUT2D eigenvalue weighted by atomic mass is 32.1. The van der Waals surface area contributed by atoms with E-state index >= 15 is 0 Å². The Hall–Kier alpha value is -1.27. The molecule has 0 aliphatic rings. The van der Waals surface area contributed by atoms with Crippen LogP contribution in [0.1, 0.15) is 11.3 Å². The molecule has 0 spiro atoms. The zero-order valence-electron chi connectivity index (χ0n) is 6.44. The van der Waals surface area contributed by atoms with Gasteiger partial charge in [0.1, 0.15) is 11.8 Å². The molecular weight excluding hydrogens is 168 g/mol. The average molecular weight is 176 g/mol. The summed E-state index contributed by atoms with van der Waals surface area (Å²) in [5, 5.41) is 8.65. The largest absolute Gasteiger partial charge is 0.245 e. The summed E-state index contributed by atoms with van der Waals surface area (Å²) in [6.07, 6.45) is 5.33. The Labute approximate surface area is 77.0 Å². The summed E-state index contributed by atoms with van der Waals surface area (Å²) in [7, 11) is 0. The molecule has 3 heteroatoms. The van der Waals surface area contributed by atoms with Gasteiger partial charge >= 0.3 is 0 Å². The molecule has 0 saturated carbocycles. The Balaban J connectivity index is 2.99. The molecule has 0 aromatic carbocycles. The van der Waals surface area contributed by atoms with Crippen molar-refractivity contribution < 1.29 is 0 Å². The molecule has 0 fully saturated rings. The van der Waals surface area contributed by atoms with Gasteiger partial charge in [-0.25, -0.2) is 4.98 Å². The quantitative estimate of drug-likeness (QED) is 0.699. The van der Waals surface area contributed by atoms with Gasteiger partial charge in [0, 0.05) is 17.5 Å². The van der Waals surface area contributed by atoms with Crippen molar-refractivity contribution in [2.24, 2.45) is 0 Å². The van der Waals surface area contributed by atoms with Gasteiger partial charge in [-0.3, -0.25) is 0 Å². The molecule has 0 unspecified atom stereocenters. The van der Waals surface area contributed by atoms with Crippen molar-refractivity contribution in [3.05, 3.63) is 35.7 Å². The minimum atomic E-state index is 0.454. The molecule has 1 aromatic rings. The van der Waals surface area contributed by atoms with E-state index in [0.717, 1.165) is 5.56 Å². The molecular formula is C9H8N2S. The van der Waals surface area contributed by atoms with Gasteiger partial charge in [-0.2, -0.15) is 17.9 Å². The van der Waals surface area contributed by atoms with Crippen molar-refractivity contribution in [3.63, 3.8) is 0 Å². The van der Waals surface area contributed by atoms with Gasteiger partial charge in [0.05, 0.1) is 0 Å². The van der Waals surface area contributed by atoms with E-state index in [1.807, 2.05) is 24.3 Å². The van der Waals surface area contributed by atoms with Crippen LogP contribution in [0, 0.1) is 11.3 Å². The van der Waals surface area contributed by atoms with Gasteiger partial charge in [-0.05, 0) is 6.07 Å². The number of thiol groups is 1.